The highest BCUT2D eigenvalue weighted by molar-refractivity contribution is 5.64. The van der Waals surface area contributed by atoms with Gasteiger partial charge in [-0.2, -0.15) is 0 Å². The Morgan fingerprint density at radius 1 is 0.783 bits per heavy atom. The molecule has 4 rings (SSSR count). The van der Waals surface area contributed by atoms with E-state index in [2.05, 4.69) is 36.7 Å². The smallest absolute Gasteiger partial charge is 0.180 e. The first-order valence-corrected chi connectivity index (χ1v) is 7.80. The second-order valence-corrected chi connectivity index (χ2v) is 5.79. The summed E-state index contributed by atoms with van der Waals surface area (Å²) in [6.45, 7) is 7.76. The second kappa shape index (κ2) is 5.49. The molecule has 1 saturated heterocycles. The van der Waals surface area contributed by atoms with Gasteiger partial charge >= 0.3 is 0 Å². The van der Waals surface area contributed by atoms with Crippen molar-refractivity contribution in [3.8, 4) is 0 Å². The highest BCUT2D eigenvalue weighted by atomic mass is 15.3. The van der Waals surface area contributed by atoms with Crippen LogP contribution in [0.15, 0.2) is 31.1 Å². The zero-order chi connectivity index (χ0) is 15.8. The summed E-state index contributed by atoms with van der Waals surface area (Å²) < 4.78 is 2.01. The summed E-state index contributed by atoms with van der Waals surface area (Å²) in [5.74, 6) is 2.00. The van der Waals surface area contributed by atoms with Gasteiger partial charge in [-0.3, -0.25) is 0 Å². The number of rotatable bonds is 2. The van der Waals surface area contributed by atoms with Crippen molar-refractivity contribution >= 4 is 17.3 Å². The lowest BCUT2D eigenvalue weighted by atomic mass is 10.2. The molecule has 0 spiro atoms. The summed E-state index contributed by atoms with van der Waals surface area (Å²) in [5.41, 5.74) is 3.12. The van der Waals surface area contributed by atoms with E-state index >= 15 is 0 Å². The van der Waals surface area contributed by atoms with E-state index in [-0.39, 0.29) is 0 Å². The number of fused-ring (bicyclic) bond motifs is 1. The van der Waals surface area contributed by atoms with Gasteiger partial charge in [0.2, 0.25) is 0 Å². The Bertz CT molecular complexity index is 833. The van der Waals surface area contributed by atoms with Crippen LogP contribution in [0.1, 0.15) is 11.3 Å². The molecule has 7 heteroatoms. The van der Waals surface area contributed by atoms with Gasteiger partial charge in [0.05, 0.1) is 0 Å². The molecule has 3 aromatic rings. The van der Waals surface area contributed by atoms with Gasteiger partial charge in [-0.15, -0.1) is 0 Å². The maximum absolute atomic E-state index is 4.53. The Morgan fingerprint density at radius 2 is 1.43 bits per heavy atom. The zero-order valence-electron chi connectivity index (χ0n) is 13.3. The van der Waals surface area contributed by atoms with Gasteiger partial charge in [-0.05, 0) is 13.8 Å². The molecule has 0 N–H and O–H groups in total. The van der Waals surface area contributed by atoms with Crippen LogP contribution in [0.25, 0.3) is 5.65 Å². The molecule has 1 aliphatic heterocycles. The van der Waals surface area contributed by atoms with Crippen molar-refractivity contribution in [1.82, 2.24) is 24.3 Å². The Kier molecular flexibility index (Phi) is 3.33. The van der Waals surface area contributed by atoms with Gasteiger partial charge in [0.1, 0.15) is 12.1 Å². The first-order valence-electron chi connectivity index (χ1n) is 7.80. The lowest BCUT2D eigenvalue weighted by Crippen LogP contribution is -2.47. The van der Waals surface area contributed by atoms with Gasteiger partial charge in [-0.1, -0.05) is 0 Å². The molecule has 0 radical (unpaired) electrons. The predicted octanol–water partition coefficient (Wildman–Crippen LogP) is 1.46. The molecule has 3 aromatic heterocycles. The molecular formula is C16H19N7. The molecule has 0 aliphatic carbocycles. The molecule has 0 unspecified atom stereocenters. The van der Waals surface area contributed by atoms with Gasteiger partial charge in [0, 0.05) is 62.2 Å². The van der Waals surface area contributed by atoms with Crippen LogP contribution in [-0.4, -0.2) is 50.5 Å². The van der Waals surface area contributed by atoms with Crippen LogP contribution in [0.5, 0.6) is 0 Å². The lowest BCUT2D eigenvalue weighted by molar-refractivity contribution is 0.639. The number of hydrogen-bond donors (Lipinski definition) is 0. The molecule has 1 aliphatic rings. The van der Waals surface area contributed by atoms with Gasteiger partial charge < -0.3 is 14.2 Å². The number of aromatic nitrogens is 5. The van der Waals surface area contributed by atoms with Crippen LogP contribution in [0.3, 0.4) is 0 Å². The predicted molar refractivity (Wildman–Crippen MR) is 88.9 cm³/mol. The van der Waals surface area contributed by atoms with Gasteiger partial charge in [0.25, 0.3) is 0 Å². The maximum atomic E-state index is 4.53. The maximum Gasteiger partial charge on any atom is 0.180 e. The fourth-order valence-electron chi connectivity index (χ4n) is 3.04. The number of nitrogens with zero attached hydrogens (tertiary/aromatic N) is 7. The number of imidazole rings is 1. The van der Waals surface area contributed by atoms with Crippen LogP contribution >= 0.6 is 0 Å². The van der Waals surface area contributed by atoms with E-state index in [1.807, 2.05) is 36.1 Å². The number of anilines is 2. The molecule has 0 bridgehead atoms. The number of hydrogen-bond acceptors (Lipinski definition) is 6. The average molecular weight is 309 g/mol. The minimum Gasteiger partial charge on any atom is -0.353 e. The number of aryl methyl sites for hydroxylation is 1. The topological polar surface area (TPSA) is 62.5 Å². The van der Waals surface area contributed by atoms with E-state index in [1.54, 1.807) is 6.33 Å². The Labute approximate surface area is 134 Å². The molecule has 0 aromatic carbocycles. The number of piperazine rings is 1. The van der Waals surface area contributed by atoms with Crippen molar-refractivity contribution in [2.45, 2.75) is 13.8 Å². The van der Waals surface area contributed by atoms with Crippen LogP contribution < -0.4 is 9.80 Å². The van der Waals surface area contributed by atoms with Crippen LogP contribution in [0.2, 0.25) is 0 Å². The summed E-state index contributed by atoms with van der Waals surface area (Å²) in [4.78, 5) is 22.3. The highest BCUT2D eigenvalue weighted by Crippen LogP contribution is 2.23. The fourth-order valence-corrected chi connectivity index (χ4v) is 3.04. The minimum absolute atomic E-state index is 0.905. The molecule has 0 amide bonds. The van der Waals surface area contributed by atoms with Gasteiger partial charge in [0.15, 0.2) is 11.5 Å². The zero-order valence-corrected chi connectivity index (χ0v) is 13.3. The Balaban J connectivity index is 1.55. The van der Waals surface area contributed by atoms with Crippen molar-refractivity contribution in [2.24, 2.45) is 0 Å². The summed E-state index contributed by atoms with van der Waals surface area (Å²) in [6, 6.07) is 0. The lowest BCUT2D eigenvalue weighted by Gasteiger charge is -2.36. The summed E-state index contributed by atoms with van der Waals surface area (Å²) in [5, 5.41) is 0. The standard InChI is InChI=1S/C16H19N7/c1-12-13(2)19-11-20-14(12)22-7-9-23(10-8-22)16-15-17-3-5-21(15)6-4-18-16/h3-6,11H,7-10H2,1-2H3. The van der Waals surface area contributed by atoms with Crippen molar-refractivity contribution in [1.29, 1.82) is 0 Å². The molecule has 0 atom stereocenters. The van der Waals surface area contributed by atoms with Crippen molar-refractivity contribution in [3.63, 3.8) is 0 Å². The normalized spacial score (nSPS) is 15.4. The molecule has 4 heterocycles. The Hall–Kier alpha value is -2.70. The molecule has 118 valence electrons. The monoisotopic (exact) mass is 309 g/mol. The molecule has 23 heavy (non-hydrogen) atoms. The van der Waals surface area contributed by atoms with Gasteiger partial charge in [-0.25, -0.2) is 19.9 Å². The first-order chi connectivity index (χ1) is 11.2. The van der Waals surface area contributed by atoms with Crippen LogP contribution in [0.4, 0.5) is 11.6 Å². The Morgan fingerprint density at radius 3 is 2.17 bits per heavy atom. The van der Waals surface area contributed by atoms with E-state index in [0.29, 0.717) is 0 Å². The van der Waals surface area contributed by atoms with E-state index in [9.17, 15) is 0 Å². The third-order valence-corrected chi connectivity index (χ3v) is 4.48. The summed E-state index contributed by atoms with van der Waals surface area (Å²) in [7, 11) is 0. The van der Waals surface area contributed by atoms with Crippen molar-refractivity contribution < 1.29 is 0 Å². The fraction of sp³-hybridized carbons (Fsp3) is 0.375. The highest BCUT2D eigenvalue weighted by Gasteiger charge is 2.22. The van der Waals surface area contributed by atoms with Crippen LogP contribution in [0, 0.1) is 13.8 Å². The quantitative estimate of drug-likeness (QED) is 0.714. The van der Waals surface area contributed by atoms with Crippen molar-refractivity contribution in [3.05, 3.63) is 42.4 Å². The first kappa shape index (κ1) is 13.9. The van der Waals surface area contributed by atoms with E-state index in [0.717, 1.165) is 54.7 Å². The third kappa shape index (κ3) is 2.38. The second-order valence-electron chi connectivity index (χ2n) is 5.79. The molecule has 0 saturated carbocycles. The third-order valence-electron chi connectivity index (χ3n) is 4.48. The van der Waals surface area contributed by atoms with E-state index in [4.69, 9.17) is 0 Å². The summed E-state index contributed by atoms with van der Waals surface area (Å²) in [6.07, 6.45) is 9.16. The van der Waals surface area contributed by atoms with Crippen LogP contribution in [-0.2, 0) is 0 Å². The average Bonchev–Trinajstić information content (AvgIpc) is 3.06. The largest absolute Gasteiger partial charge is 0.353 e. The molecular weight excluding hydrogens is 290 g/mol. The summed E-state index contributed by atoms with van der Waals surface area (Å²) >= 11 is 0. The SMILES string of the molecule is Cc1ncnc(N2CCN(c3nccn4ccnc34)CC2)c1C. The molecule has 7 nitrogen and oxygen atoms in total. The molecule has 1 fully saturated rings. The van der Waals surface area contributed by atoms with Crippen molar-refractivity contribution in [2.75, 3.05) is 36.0 Å². The van der Waals surface area contributed by atoms with E-state index < -0.39 is 0 Å². The van der Waals surface area contributed by atoms with E-state index in [1.165, 1.54) is 0 Å². The minimum atomic E-state index is 0.905.